The molecule has 0 saturated carbocycles. The third-order valence-electron chi connectivity index (χ3n) is 1.62. The van der Waals surface area contributed by atoms with Gasteiger partial charge in [0.05, 0.1) is 15.9 Å². The van der Waals surface area contributed by atoms with Crippen molar-refractivity contribution in [2.75, 3.05) is 0 Å². The van der Waals surface area contributed by atoms with E-state index in [1.807, 2.05) is 0 Å². The number of hydrogen-bond acceptors (Lipinski definition) is 6. The minimum absolute atomic E-state index is 0.431. The molecule has 0 aromatic rings. The average molecular weight is 274 g/mol. The second-order valence-electron chi connectivity index (χ2n) is 2.58. The zero-order valence-electron chi connectivity index (χ0n) is 9.13. The zero-order valence-corrected chi connectivity index (χ0v) is 10.0. The minimum atomic E-state index is -2.24. The van der Waals surface area contributed by atoms with E-state index in [2.05, 4.69) is 0 Å². The summed E-state index contributed by atoms with van der Waals surface area (Å²) in [7, 11) is -2.24. The van der Waals surface area contributed by atoms with E-state index in [4.69, 9.17) is 0 Å². The van der Waals surface area contributed by atoms with Crippen LogP contribution in [0, 0.1) is 0 Å². The van der Waals surface area contributed by atoms with Crippen LogP contribution in [-0.4, -0.2) is 35.6 Å². The Balaban J connectivity index is 6.33. The molecule has 0 radical (unpaired) electrons. The second kappa shape index (κ2) is 9.19. The molecule has 0 aromatic carbocycles. The van der Waals surface area contributed by atoms with Gasteiger partial charge in [-0.1, -0.05) is 0 Å². The van der Waals surface area contributed by atoms with E-state index in [9.17, 15) is 28.8 Å². The highest BCUT2D eigenvalue weighted by atomic mass is 31.1. The van der Waals surface area contributed by atoms with Crippen molar-refractivity contribution in [3.63, 3.8) is 0 Å². The first-order chi connectivity index (χ1) is 9.19. The lowest BCUT2D eigenvalue weighted by atomic mass is 10.6. The molecule has 0 aliphatic carbocycles. The largest absolute Gasteiger partial charge is 0.233 e. The summed E-state index contributed by atoms with van der Waals surface area (Å²) in [4.78, 5) is 62.9. The quantitative estimate of drug-likeness (QED) is 0.377. The van der Waals surface area contributed by atoms with Crippen LogP contribution < -0.4 is 0 Å². The van der Waals surface area contributed by atoms with Crippen LogP contribution >= 0.6 is 7.92 Å². The number of allylic oxidation sites excluding steroid dienone is 6. The predicted octanol–water partition coefficient (Wildman–Crippen LogP) is -0.222. The van der Waals surface area contributed by atoms with E-state index in [-0.39, 0.29) is 0 Å². The molecule has 92 valence electrons. The standard InChI is InChI=1S/C12H3O6P/c13-4-1-10(7-16)19(11(8-17)2-5-14)12(9-18)3-6-15/h1-3H. The van der Waals surface area contributed by atoms with Crippen molar-refractivity contribution in [3.05, 3.63) is 34.2 Å². The molecule has 0 unspecified atom stereocenters. The average Bonchev–Trinajstić information content (AvgIpc) is 2.43. The number of carbonyl (C=O) groups excluding carboxylic acids is 6. The third kappa shape index (κ3) is 4.48. The van der Waals surface area contributed by atoms with E-state index >= 15 is 0 Å². The summed E-state index contributed by atoms with van der Waals surface area (Å²) in [6, 6.07) is 0. The summed E-state index contributed by atoms with van der Waals surface area (Å²) < 4.78 is 0. The molecule has 0 heterocycles. The van der Waals surface area contributed by atoms with Gasteiger partial charge in [-0.25, -0.2) is 28.8 Å². The lowest BCUT2D eigenvalue weighted by Gasteiger charge is -2.11. The number of rotatable bonds is 6. The highest BCUT2D eigenvalue weighted by Crippen LogP contribution is 2.57. The van der Waals surface area contributed by atoms with Crippen LogP contribution in [-0.2, 0) is 28.8 Å². The summed E-state index contributed by atoms with van der Waals surface area (Å²) in [6.07, 6.45) is 1.89. The smallest absolute Gasteiger partial charge is 0.134 e. The fraction of sp³-hybridized carbons (Fsp3) is 0. The van der Waals surface area contributed by atoms with Gasteiger partial charge >= 0.3 is 0 Å². The Morgan fingerprint density at radius 1 is 0.579 bits per heavy atom. The molecule has 0 fully saturated rings. The van der Waals surface area contributed by atoms with Crippen molar-refractivity contribution < 1.29 is 28.8 Å². The van der Waals surface area contributed by atoms with Gasteiger partial charge in [0.15, 0.2) is 0 Å². The number of hydrogen-bond donors (Lipinski definition) is 0. The van der Waals surface area contributed by atoms with Crippen molar-refractivity contribution in [3.8, 4) is 0 Å². The maximum Gasteiger partial charge on any atom is 0.134 e. The molecular formula is C12H3O6P. The van der Waals surface area contributed by atoms with Crippen molar-refractivity contribution >= 4 is 43.6 Å². The van der Waals surface area contributed by atoms with Gasteiger partial charge in [-0.05, 0) is 0 Å². The Bertz CT molecular complexity index is 570. The van der Waals surface area contributed by atoms with Gasteiger partial charge in [-0.15, -0.1) is 0 Å². The molecule has 7 heteroatoms. The maximum absolute atomic E-state index is 10.7. The van der Waals surface area contributed by atoms with E-state index < -0.39 is 23.9 Å². The zero-order chi connectivity index (χ0) is 14.7. The molecule has 0 saturated heterocycles. The molecule has 6 nitrogen and oxygen atoms in total. The molecule has 0 N–H and O–H groups in total. The van der Waals surface area contributed by atoms with Crippen LogP contribution in [0.25, 0.3) is 0 Å². The van der Waals surface area contributed by atoms with Crippen LogP contribution in [0.4, 0.5) is 0 Å². The van der Waals surface area contributed by atoms with Crippen LogP contribution in [0.3, 0.4) is 0 Å². The Kier molecular flexibility index (Phi) is 7.80. The molecule has 0 aliphatic heterocycles. The SMILES string of the molecule is O=C=CC(=C=O)P(C(=C=O)C=C=O)C(=C=O)C=C=O. The Morgan fingerprint density at radius 2 is 0.842 bits per heavy atom. The van der Waals surface area contributed by atoms with Crippen LogP contribution in [0.1, 0.15) is 0 Å². The van der Waals surface area contributed by atoms with Crippen LogP contribution in [0.5, 0.6) is 0 Å². The fourth-order valence-electron chi connectivity index (χ4n) is 0.976. The normalized spacial score (nSPS) is 8.84. The van der Waals surface area contributed by atoms with Crippen LogP contribution in [0.15, 0.2) is 34.2 Å². The van der Waals surface area contributed by atoms with Gasteiger partial charge in [0, 0.05) is 26.1 Å². The summed E-state index contributed by atoms with van der Waals surface area (Å²) in [5, 5.41) is -1.29. The maximum atomic E-state index is 10.7. The third-order valence-corrected chi connectivity index (χ3v) is 3.73. The molecular weight excluding hydrogens is 271 g/mol. The molecule has 0 amide bonds. The molecule has 0 spiro atoms. The first-order valence-electron chi connectivity index (χ1n) is 4.38. The molecule has 0 aromatic heterocycles. The van der Waals surface area contributed by atoms with Gasteiger partial charge in [0.25, 0.3) is 0 Å². The second-order valence-corrected chi connectivity index (χ2v) is 4.70. The van der Waals surface area contributed by atoms with Gasteiger partial charge < -0.3 is 0 Å². The summed E-state index contributed by atoms with van der Waals surface area (Å²) in [6.45, 7) is 0. The van der Waals surface area contributed by atoms with E-state index in [1.54, 1.807) is 0 Å². The fourth-order valence-corrected chi connectivity index (χ4v) is 2.57. The van der Waals surface area contributed by atoms with E-state index in [1.165, 1.54) is 35.6 Å². The highest BCUT2D eigenvalue weighted by molar-refractivity contribution is 7.72. The Morgan fingerprint density at radius 3 is 1.00 bits per heavy atom. The molecule has 0 rings (SSSR count). The monoisotopic (exact) mass is 274 g/mol. The molecule has 0 bridgehead atoms. The topological polar surface area (TPSA) is 102 Å². The summed E-state index contributed by atoms with van der Waals surface area (Å²) >= 11 is 0. The molecule has 0 aliphatic rings. The Hall–Kier alpha value is -2.87. The first-order valence-corrected chi connectivity index (χ1v) is 5.72. The van der Waals surface area contributed by atoms with E-state index in [0.29, 0.717) is 18.2 Å². The van der Waals surface area contributed by atoms with Crippen molar-refractivity contribution in [1.82, 2.24) is 0 Å². The summed E-state index contributed by atoms with van der Waals surface area (Å²) in [5.41, 5.74) is 0. The minimum Gasteiger partial charge on any atom is -0.233 e. The van der Waals surface area contributed by atoms with Gasteiger partial charge in [-0.3, -0.25) is 0 Å². The van der Waals surface area contributed by atoms with Gasteiger partial charge in [0.1, 0.15) is 35.6 Å². The lowest BCUT2D eigenvalue weighted by molar-refractivity contribution is 0.565. The van der Waals surface area contributed by atoms with Gasteiger partial charge in [-0.2, -0.15) is 0 Å². The van der Waals surface area contributed by atoms with Crippen molar-refractivity contribution in [1.29, 1.82) is 0 Å². The van der Waals surface area contributed by atoms with Crippen molar-refractivity contribution in [2.24, 2.45) is 0 Å². The lowest BCUT2D eigenvalue weighted by Crippen LogP contribution is -1.90. The van der Waals surface area contributed by atoms with E-state index in [0.717, 1.165) is 0 Å². The Labute approximate surface area is 107 Å². The molecule has 0 atom stereocenters. The molecule has 19 heavy (non-hydrogen) atoms. The highest BCUT2D eigenvalue weighted by Gasteiger charge is 2.23. The van der Waals surface area contributed by atoms with Crippen LogP contribution in [0.2, 0.25) is 0 Å². The first kappa shape index (κ1) is 16.1. The predicted molar refractivity (Wildman–Crippen MR) is 65.3 cm³/mol. The van der Waals surface area contributed by atoms with Gasteiger partial charge in [0.2, 0.25) is 0 Å². The van der Waals surface area contributed by atoms with Crippen molar-refractivity contribution in [2.45, 2.75) is 0 Å². The summed E-state index contributed by atoms with van der Waals surface area (Å²) in [5.74, 6) is 7.80.